The summed E-state index contributed by atoms with van der Waals surface area (Å²) in [6, 6.07) is 10.3. The van der Waals surface area contributed by atoms with E-state index in [9.17, 15) is 13.2 Å². The predicted molar refractivity (Wildman–Crippen MR) is 137 cm³/mol. The molecule has 186 valence electrons. The SMILES string of the molecule is CCCCCN(Cc1nc2oc(-c3ccc(C4CC4)cc3)c(C(=O)NC)c2cc1C1CC1)[SH](=O)=O. The van der Waals surface area contributed by atoms with E-state index >= 15 is 0 Å². The molecular formula is C27H33N3O4S. The fourth-order valence-corrected chi connectivity index (χ4v) is 5.32. The molecule has 2 aliphatic rings. The second kappa shape index (κ2) is 10.1. The van der Waals surface area contributed by atoms with Crippen LogP contribution in [-0.2, 0) is 17.4 Å². The molecule has 5 rings (SSSR count). The van der Waals surface area contributed by atoms with Crippen molar-refractivity contribution in [1.29, 1.82) is 0 Å². The first-order chi connectivity index (χ1) is 17.0. The largest absolute Gasteiger partial charge is 0.437 e. The Balaban J connectivity index is 1.57. The monoisotopic (exact) mass is 495 g/mol. The highest BCUT2D eigenvalue weighted by molar-refractivity contribution is 7.69. The zero-order chi connectivity index (χ0) is 24.5. The van der Waals surface area contributed by atoms with E-state index in [-0.39, 0.29) is 12.5 Å². The second-order valence-corrected chi connectivity index (χ2v) is 10.8. The number of pyridine rings is 1. The summed E-state index contributed by atoms with van der Waals surface area (Å²) < 4.78 is 31.6. The van der Waals surface area contributed by atoms with E-state index < -0.39 is 10.9 Å². The highest BCUT2D eigenvalue weighted by Crippen LogP contribution is 2.45. The number of hydrogen-bond donors (Lipinski definition) is 2. The van der Waals surface area contributed by atoms with Crippen LogP contribution in [0.2, 0.25) is 0 Å². The van der Waals surface area contributed by atoms with E-state index in [2.05, 4.69) is 24.4 Å². The van der Waals surface area contributed by atoms with Crippen LogP contribution in [0.25, 0.3) is 22.4 Å². The summed E-state index contributed by atoms with van der Waals surface area (Å²) in [5, 5.41) is 3.43. The minimum Gasteiger partial charge on any atom is -0.437 e. The Bertz CT molecular complexity index is 1300. The normalized spacial score (nSPS) is 15.9. The molecule has 2 saturated carbocycles. The van der Waals surface area contributed by atoms with Crippen molar-refractivity contribution in [3.63, 3.8) is 0 Å². The topological polar surface area (TPSA) is 92.5 Å². The van der Waals surface area contributed by atoms with Crippen LogP contribution in [0, 0.1) is 0 Å². The summed E-state index contributed by atoms with van der Waals surface area (Å²) in [4.78, 5) is 17.8. The summed E-state index contributed by atoms with van der Waals surface area (Å²) in [5.74, 6) is 1.28. The molecule has 1 amide bonds. The molecule has 3 aromatic rings. The number of benzene rings is 1. The number of thiol groups is 1. The Morgan fingerprint density at radius 3 is 2.43 bits per heavy atom. The van der Waals surface area contributed by atoms with Crippen molar-refractivity contribution in [2.24, 2.45) is 0 Å². The number of carbonyl (C=O) groups is 1. The van der Waals surface area contributed by atoms with Gasteiger partial charge < -0.3 is 9.73 Å². The van der Waals surface area contributed by atoms with Crippen molar-refractivity contribution >= 4 is 27.9 Å². The fraction of sp³-hybridized carbons (Fsp3) is 0.481. The fourth-order valence-electron chi connectivity index (χ4n) is 4.76. The molecule has 2 fully saturated rings. The van der Waals surface area contributed by atoms with Gasteiger partial charge in [-0.15, -0.1) is 0 Å². The van der Waals surface area contributed by atoms with Gasteiger partial charge >= 0.3 is 0 Å². The van der Waals surface area contributed by atoms with Crippen LogP contribution in [0.4, 0.5) is 0 Å². The van der Waals surface area contributed by atoms with Crippen molar-refractivity contribution < 1.29 is 17.6 Å². The van der Waals surface area contributed by atoms with Gasteiger partial charge in [-0.25, -0.2) is 13.4 Å². The zero-order valence-electron chi connectivity index (χ0n) is 20.4. The second-order valence-electron chi connectivity index (χ2n) is 9.77. The Kier molecular flexibility index (Phi) is 6.93. The van der Waals surface area contributed by atoms with Gasteiger partial charge in [0, 0.05) is 19.2 Å². The van der Waals surface area contributed by atoms with Crippen LogP contribution >= 0.6 is 0 Å². The lowest BCUT2D eigenvalue weighted by Crippen LogP contribution is -2.24. The molecule has 0 bridgehead atoms. The van der Waals surface area contributed by atoms with Gasteiger partial charge in [-0.3, -0.25) is 4.79 Å². The number of unbranched alkanes of at least 4 members (excludes halogenated alkanes) is 2. The molecule has 0 unspecified atom stereocenters. The Morgan fingerprint density at radius 2 is 1.83 bits per heavy atom. The zero-order valence-corrected chi connectivity index (χ0v) is 21.3. The Morgan fingerprint density at radius 1 is 1.11 bits per heavy atom. The maximum absolute atomic E-state index is 13.0. The van der Waals surface area contributed by atoms with E-state index in [4.69, 9.17) is 9.40 Å². The maximum atomic E-state index is 13.0. The molecule has 7 nitrogen and oxygen atoms in total. The lowest BCUT2D eigenvalue weighted by Gasteiger charge is -2.17. The number of furan rings is 1. The van der Waals surface area contributed by atoms with Crippen LogP contribution in [0.3, 0.4) is 0 Å². The van der Waals surface area contributed by atoms with E-state index in [0.29, 0.717) is 40.8 Å². The van der Waals surface area contributed by atoms with Gasteiger partial charge in [-0.1, -0.05) is 44.0 Å². The Hall–Kier alpha value is -2.71. The molecular weight excluding hydrogens is 462 g/mol. The van der Waals surface area contributed by atoms with Crippen molar-refractivity contribution in [3.05, 3.63) is 52.7 Å². The van der Waals surface area contributed by atoms with Crippen LogP contribution < -0.4 is 5.32 Å². The van der Waals surface area contributed by atoms with Crippen LogP contribution in [0.1, 0.15) is 90.9 Å². The average Bonchev–Trinajstić information content (AvgIpc) is 3.79. The molecule has 0 radical (unpaired) electrons. The van der Waals surface area contributed by atoms with Gasteiger partial charge in [-0.2, -0.15) is 4.31 Å². The van der Waals surface area contributed by atoms with Gasteiger partial charge in [0.2, 0.25) is 16.6 Å². The van der Waals surface area contributed by atoms with E-state index in [1.165, 1.54) is 22.7 Å². The molecule has 2 aliphatic carbocycles. The summed E-state index contributed by atoms with van der Waals surface area (Å²) >= 11 is 0. The number of nitrogens with one attached hydrogen (secondary N) is 1. The lowest BCUT2D eigenvalue weighted by molar-refractivity contribution is 0.0964. The van der Waals surface area contributed by atoms with Crippen molar-refractivity contribution in [1.82, 2.24) is 14.6 Å². The molecule has 0 spiro atoms. The summed E-state index contributed by atoms with van der Waals surface area (Å²) in [7, 11) is -1.10. The minimum atomic E-state index is -2.71. The number of fused-ring (bicyclic) bond motifs is 1. The molecule has 0 saturated heterocycles. The first-order valence-corrected chi connectivity index (χ1v) is 13.8. The third-order valence-corrected chi connectivity index (χ3v) is 7.87. The average molecular weight is 496 g/mol. The minimum absolute atomic E-state index is 0.217. The molecule has 1 aromatic carbocycles. The van der Waals surface area contributed by atoms with E-state index in [1.54, 1.807) is 7.05 Å². The van der Waals surface area contributed by atoms with Gasteiger partial charge in [-0.05, 0) is 61.1 Å². The summed E-state index contributed by atoms with van der Waals surface area (Å²) in [6.45, 7) is 2.81. The molecule has 2 heterocycles. The number of aromatic nitrogens is 1. The first kappa shape index (κ1) is 24.0. The third kappa shape index (κ3) is 5.14. The van der Waals surface area contributed by atoms with Crippen molar-refractivity contribution in [3.8, 4) is 11.3 Å². The van der Waals surface area contributed by atoms with E-state index in [1.807, 2.05) is 18.2 Å². The van der Waals surface area contributed by atoms with Crippen molar-refractivity contribution in [2.45, 2.75) is 70.3 Å². The predicted octanol–water partition coefficient (Wildman–Crippen LogP) is 5.13. The van der Waals surface area contributed by atoms with Gasteiger partial charge in [0.05, 0.1) is 23.2 Å². The summed E-state index contributed by atoms with van der Waals surface area (Å²) in [5.41, 5.74) is 4.76. The van der Waals surface area contributed by atoms with Crippen LogP contribution in [-0.4, -0.2) is 37.2 Å². The first-order valence-electron chi connectivity index (χ1n) is 12.7. The van der Waals surface area contributed by atoms with Crippen molar-refractivity contribution in [2.75, 3.05) is 13.6 Å². The number of carbonyl (C=O) groups excluding carboxylic acids is 1. The molecule has 8 heteroatoms. The quantitative estimate of drug-likeness (QED) is 0.284. The molecule has 35 heavy (non-hydrogen) atoms. The third-order valence-electron chi connectivity index (χ3n) is 7.07. The van der Waals surface area contributed by atoms with Gasteiger partial charge in [0.25, 0.3) is 5.91 Å². The number of hydrogen-bond acceptors (Lipinski definition) is 5. The molecule has 1 N–H and O–H groups in total. The lowest BCUT2D eigenvalue weighted by atomic mass is 10.0. The number of nitrogens with zero attached hydrogens (tertiary/aromatic N) is 2. The van der Waals surface area contributed by atoms with Crippen LogP contribution in [0.15, 0.2) is 34.7 Å². The van der Waals surface area contributed by atoms with Crippen LogP contribution in [0.5, 0.6) is 0 Å². The smallest absolute Gasteiger partial charge is 0.255 e. The number of rotatable bonds is 11. The molecule has 2 aromatic heterocycles. The summed E-state index contributed by atoms with van der Waals surface area (Å²) in [6.07, 6.45) is 7.38. The maximum Gasteiger partial charge on any atom is 0.255 e. The highest BCUT2D eigenvalue weighted by Gasteiger charge is 2.31. The molecule has 0 atom stereocenters. The van der Waals surface area contributed by atoms with Gasteiger partial charge in [0.15, 0.2) is 0 Å². The van der Waals surface area contributed by atoms with Gasteiger partial charge in [0.1, 0.15) is 5.76 Å². The number of amides is 1. The van der Waals surface area contributed by atoms with E-state index in [0.717, 1.165) is 48.9 Å². The highest BCUT2D eigenvalue weighted by atomic mass is 32.2. The standard InChI is InChI=1S/C27H33N3O4S/c1-3-4-5-14-30(35(32)33)16-23-21(19-10-11-19)15-22-24(26(31)28-2)25(34-27(22)29-23)20-12-8-18(9-13-20)17-6-7-17/h8-9,12-13,15,17,19,35H,3-7,10-11,14,16H2,1-2H3,(H,28,31). The Labute approximate surface area is 208 Å². The molecule has 0 aliphatic heterocycles.